The first-order valence-electron chi connectivity index (χ1n) is 33.5. The minimum Gasteiger partial charge on any atom is -0.497 e. The molecule has 29 heteroatoms. The third-order valence-corrected chi connectivity index (χ3v) is 18.4. The van der Waals surface area contributed by atoms with Crippen LogP contribution in [0, 0.1) is 29.6 Å². The smallest absolute Gasteiger partial charge is 0.329 e. The molecule has 0 spiro atoms. The number of ketones is 1. The molecule has 4 fully saturated rings. The van der Waals surface area contributed by atoms with E-state index >= 15 is 19.2 Å². The standard InChI is InChI=1S/C67H102N10O19/c1-15-37(8)54-50(78)33-53(81)96-57(36(6)7)56(82)38(9)58(83)71-45(30-34(2)3)63(88)77-29-17-19-47(77)65(90)75(13)49(32-41-20-22-42(93-14)23-21-41)67(92)94-39(10)55(61(86)72-54)73-60(85)48(31-35(4)5)74(12)64(89)46-18-16-28-76(46)62(87)40(11)95-66(91)44(24-26-51(68)79)70-59(84)43-25-27-52(80)69-43/h20-23,34-40,43-50,54-55,57,78H,15-19,24-33H2,1-14H3,(H2,68,79)(H,69,80)(H,70,84)(H,71,83)(H,72,86)(H,73,85)/t37-,38-,39+,40-,43-,44-,45-,46-,47-,48+,49-,50-,54?,55-,57-/m0/s1. The third-order valence-electron chi connectivity index (χ3n) is 18.4. The number of cyclic esters (lactones) is 2. The predicted octanol–water partition coefficient (Wildman–Crippen LogP) is 0.896. The molecule has 0 radical (unpaired) electrons. The number of aliphatic hydroxyl groups is 1. The number of esters is 3. The van der Waals surface area contributed by atoms with Crippen molar-refractivity contribution in [2.24, 2.45) is 35.3 Å². The van der Waals surface area contributed by atoms with Crippen LogP contribution in [0.5, 0.6) is 5.75 Å². The number of Topliss-reactive ketones (excluding diaryl/α,β-unsaturated/α-hetero) is 1. The summed E-state index contributed by atoms with van der Waals surface area (Å²) in [7, 11) is 4.17. The molecule has 4 aliphatic heterocycles. The normalized spacial score (nSPS) is 26.6. The van der Waals surface area contributed by atoms with Crippen molar-refractivity contribution in [3.8, 4) is 5.75 Å². The molecule has 0 saturated carbocycles. The molecule has 5 rings (SSSR count). The van der Waals surface area contributed by atoms with Gasteiger partial charge in [0.15, 0.2) is 18.0 Å². The first-order chi connectivity index (χ1) is 45.1. The quantitative estimate of drug-likeness (QED) is 0.0482. The maximum absolute atomic E-state index is 15.2. The molecule has 0 aromatic heterocycles. The van der Waals surface area contributed by atoms with Crippen molar-refractivity contribution in [2.75, 3.05) is 34.3 Å². The topological polar surface area (TPSA) is 395 Å². The van der Waals surface area contributed by atoms with Gasteiger partial charge in [0.2, 0.25) is 53.2 Å². The van der Waals surface area contributed by atoms with Crippen molar-refractivity contribution in [2.45, 2.75) is 238 Å². The SMILES string of the molecule is CC[C@H](C)C1NC(=O)[C@@H](NC(=O)[C@@H](CC(C)C)N(C)C(=O)[C@@H]2CCCN2C(=O)[C@H](C)OC(=O)[C@H](CCC(N)=O)NC(=O)[C@@H]2CCC(=O)N2)[C@@H](C)OC(=O)[C@H](Cc2ccc(OC)cc2)N(C)C(=O)[C@@H]2CCCN2C(=O)[C@H](CC(C)C)NC(=O)[C@@H](C)C(=O)[C@H](C(C)C)OC(=O)C[C@@H]1O. The highest BCUT2D eigenvalue weighted by Gasteiger charge is 2.47. The number of nitrogens with zero attached hydrogens (tertiary/aromatic N) is 4. The van der Waals surface area contributed by atoms with Crippen LogP contribution in [-0.2, 0) is 87.8 Å². The van der Waals surface area contributed by atoms with Crippen molar-refractivity contribution >= 4 is 82.8 Å². The van der Waals surface area contributed by atoms with E-state index in [0.717, 1.165) is 9.80 Å². The predicted molar refractivity (Wildman–Crippen MR) is 346 cm³/mol. The number of methoxy groups -OCH3 is 1. The Kier molecular flexibility index (Phi) is 29.1. The first-order valence-corrected chi connectivity index (χ1v) is 33.5. The van der Waals surface area contributed by atoms with Crippen LogP contribution in [0.1, 0.15) is 159 Å². The molecule has 4 aliphatic rings. The fourth-order valence-electron chi connectivity index (χ4n) is 12.4. The molecule has 29 nitrogen and oxygen atoms in total. The number of ether oxygens (including phenoxy) is 4. The van der Waals surface area contributed by atoms with Crippen molar-refractivity contribution in [3.05, 3.63) is 29.8 Å². The number of nitrogens with one attached hydrogen (secondary N) is 5. The monoisotopic (exact) mass is 1350 g/mol. The lowest BCUT2D eigenvalue weighted by atomic mass is 9.91. The van der Waals surface area contributed by atoms with Crippen LogP contribution in [0.2, 0.25) is 0 Å². The summed E-state index contributed by atoms with van der Waals surface area (Å²) in [5, 5.41) is 25.2. The van der Waals surface area contributed by atoms with Gasteiger partial charge in [0, 0.05) is 46.4 Å². The Labute approximate surface area is 561 Å². The van der Waals surface area contributed by atoms with Gasteiger partial charge in [0.05, 0.1) is 31.6 Å². The van der Waals surface area contributed by atoms with Crippen LogP contribution in [0.4, 0.5) is 0 Å². The van der Waals surface area contributed by atoms with Gasteiger partial charge in [-0.25, -0.2) is 9.59 Å². The third kappa shape index (κ3) is 20.9. The Hall–Kier alpha value is -8.24. The van der Waals surface area contributed by atoms with E-state index in [0.29, 0.717) is 30.6 Å². The van der Waals surface area contributed by atoms with Crippen molar-refractivity contribution in [1.82, 2.24) is 46.2 Å². The Morgan fingerprint density at radius 2 is 1.49 bits per heavy atom. The number of fused-ring (bicyclic) bond motifs is 1. The van der Waals surface area contributed by atoms with Gasteiger partial charge >= 0.3 is 17.9 Å². The lowest BCUT2D eigenvalue weighted by Gasteiger charge is -2.36. The van der Waals surface area contributed by atoms with Gasteiger partial charge < -0.3 is 76.0 Å². The molecule has 15 atom stereocenters. The zero-order valence-electron chi connectivity index (χ0n) is 58.0. The number of rotatable bonds is 22. The molecule has 0 bridgehead atoms. The molecule has 96 heavy (non-hydrogen) atoms. The summed E-state index contributed by atoms with van der Waals surface area (Å²) in [6.45, 7) is 17.8. The van der Waals surface area contributed by atoms with E-state index in [1.807, 2.05) is 13.8 Å². The summed E-state index contributed by atoms with van der Waals surface area (Å²) in [6, 6.07) is -5.39. The number of carbonyl (C=O) groups is 14. The molecular weight excluding hydrogens is 1250 g/mol. The van der Waals surface area contributed by atoms with Gasteiger partial charge in [-0.05, 0) is 114 Å². The van der Waals surface area contributed by atoms with E-state index < -0.39 is 180 Å². The summed E-state index contributed by atoms with van der Waals surface area (Å²) in [4.78, 5) is 202. The number of nitrogens with two attached hydrogens (primary N) is 1. The second-order valence-electron chi connectivity index (χ2n) is 27.1. The number of hydrogen-bond acceptors (Lipinski definition) is 19. The summed E-state index contributed by atoms with van der Waals surface area (Å²) >= 11 is 0. The number of amides is 10. The van der Waals surface area contributed by atoms with E-state index in [9.17, 15) is 53.1 Å². The highest BCUT2D eigenvalue weighted by Crippen LogP contribution is 2.28. The summed E-state index contributed by atoms with van der Waals surface area (Å²) in [5.74, 6) is -14.2. The van der Waals surface area contributed by atoms with Crippen LogP contribution >= 0.6 is 0 Å². The van der Waals surface area contributed by atoms with E-state index in [4.69, 9.17) is 24.7 Å². The largest absolute Gasteiger partial charge is 0.497 e. The van der Waals surface area contributed by atoms with E-state index in [1.54, 1.807) is 65.8 Å². The summed E-state index contributed by atoms with van der Waals surface area (Å²) in [6.07, 6.45) is -6.48. The number of primary amides is 1. The number of likely N-dealkylation sites (N-methyl/N-ethyl adjacent to an activating group) is 2. The number of benzene rings is 1. The molecule has 534 valence electrons. The molecule has 10 amide bonds. The van der Waals surface area contributed by atoms with Crippen molar-refractivity contribution in [3.63, 3.8) is 0 Å². The number of likely N-dealkylation sites (tertiary alicyclic amines) is 1. The van der Waals surface area contributed by atoms with Crippen molar-refractivity contribution in [1.29, 1.82) is 0 Å². The number of hydrogen-bond donors (Lipinski definition) is 7. The van der Waals surface area contributed by atoms with Gasteiger partial charge in [0.25, 0.3) is 5.91 Å². The Balaban J connectivity index is 1.54. The zero-order chi connectivity index (χ0) is 71.7. The number of aliphatic hydroxyl groups excluding tert-OH is 1. The zero-order valence-corrected chi connectivity index (χ0v) is 58.0. The Morgan fingerprint density at radius 1 is 0.833 bits per heavy atom. The van der Waals surface area contributed by atoms with Crippen LogP contribution in [-0.4, -0.2) is 221 Å². The molecular formula is C67H102N10O19. The van der Waals surface area contributed by atoms with Crippen LogP contribution in [0.25, 0.3) is 0 Å². The maximum atomic E-state index is 15.2. The molecule has 4 heterocycles. The van der Waals surface area contributed by atoms with Gasteiger partial charge in [0.1, 0.15) is 60.2 Å². The molecule has 1 aromatic carbocycles. The first kappa shape index (κ1) is 78.5. The summed E-state index contributed by atoms with van der Waals surface area (Å²) in [5.41, 5.74) is 5.88. The van der Waals surface area contributed by atoms with Crippen LogP contribution in [0.15, 0.2) is 24.3 Å². The van der Waals surface area contributed by atoms with Gasteiger partial charge in [-0.2, -0.15) is 0 Å². The maximum Gasteiger partial charge on any atom is 0.329 e. The summed E-state index contributed by atoms with van der Waals surface area (Å²) < 4.78 is 22.9. The van der Waals surface area contributed by atoms with E-state index in [1.165, 1.54) is 51.8 Å². The lowest BCUT2D eigenvalue weighted by Crippen LogP contribution is -2.62. The molecule has 0 aliphatic carbocycles. The molecule has 4 saturated heterocycles. The molecule has 8 N–H and O–H groups in total. The van der Waals surface area contributed by atoms with Crippen LogP contribution < -0.4 is 37.1 Å². The highest BCUT2D eigenvalue weighted by atomic mass is 16.6. The van der Waals surface area contributed by atoms with Crippen molar-refractivity contribution < 1.29 is 91.2 Å². The number of carbonyl (C=O) groups excluding carboxylic acids is 14. The van der Waals surface area contributed by atoms with Gasteiger partial charge in [-0.3, -0.25) is 57.5 Å². The Morgan fingerprint density at radius 3 is 2.07 bits per heavy atom. The molecule has 1 unspecified atom stereocenters. The lowest BCUT2D eigenvalue weighted by molar-refractivity contribution is -0.163. The minimum absolute atomic E-state index is 0.0193. The average Bonchev–Trinajstić information content (AvgIpc) is 1.60. The second-order valence-corrected chi connectivity index (χ2v) is 27.1. The average molecular weight is 1350 g/mol. The van der Waals surface area contributed by atoms with E-state index in [-0.39, 0.29) is 88.6 Å². The van der Waals surface area contributed by atoms with E-state index in [2.05, 4.69) is 26.6 Å². The fourth-order valence-corrected chi connectivity index (χ4v) is 12.4. The van der Waals surface area contributed by atoms with Gasteiger partial charge in [-0.1, -0.05) is 73.9 Å². The van der Waals surface area contributed by atoms with Gasteiger partial charge in [-0.15, -0.1) is 0 Å². The Bertz CT molecular complexity index is 3000. The highest BCUT2D eigenvalue weighted by molar-refractivity contribution is 6.05. The molecule has 1 aromatic rings. The minimum atomic E-state index is -1.86. The fraction of sp³-hybridized carbons (Fsp3) is 0.701. The van der Waals surface area contributed by atoms with Crippen LogP contribution in [0.3, 0.4) is 0 Å². The second kappa shape index (κ2) is 35.7.